The van der Waals surface area contributed by atoms with Gasteiger partial charge in [-0.05, 0) is 18.6 Å². The van der Waals surface area contributed by atoms with Gasteiger partial charge < -0.3 is 14.8 Å². The molecule has 1 heterocycles. The molecule has 0 aliphatic carbocycles. The zero-order chi connectivity index (χ0) is 13.7. The van der Waals surface area contributed by atoms with Crippen LogP contribution in [0.4, 0.5) is 5.69 Å². The molecule has 0 aromatic heterocycles. The Morgan fingerprint density at radius 3 is 3.11 bits per heavy atom. The Kier molecular flexibility index (Phi) is 4.28. The minimum absolute atomic E-state index is 0.159. The van der Waals surface area contributed by atoms with Gasteiger partial charge in [-0.1, -0.05) is 13.0 Å². The van der Waals surface area contributed by atoms with Gasteiger partial charge in [-0.15, -0.1) is 0 Å². The zero-order valence-corrected chi connectivity index (χ0v) is 11.5. The van der Waals surface area contributed by atoms with Gasteiger partial charge in [0.2, 0.25) is 0 Å². The van der Waals surface area contributed by atoms with E-state index < -0.39 is 5.54 Å². The van der Waals surface area contributed by atoms with Gasteiger partial charge in [0.1, 0.15) is 11.3 Å². The molecular formula is C15H20N2O2. The molecular weight excluding hydrogens is 240 g/mol. The van der Waals surface area contributed by atoms with E-state index in [1.54, 1.807) is 7.11 Å². The van der Waals surface area contributed by atoms with E-state index in [1.807, 2.05) is 24.3 Å². The van der Waals surface area contributed by atoms with E-state index in [0.717, 1.165) is 24.3 Å². The number of nitrogens with one attached hydrogen (secondary N) is 1. The molecule has 1 saturated heterocycles. The summed E-state index contributed by atoms with van der Waals surface area (Å²) in [6.07, 6.45) is 2.52. The predicted octanol–water partition coefficient (Wildman–Crippen LogP) is 2.96. The monoisotopic (exact) mass is 260 g/mol. The molecule has 1 aromatic carbocycles. The highest BCUT2D eigenvalue weighted by Gasteiger charge is 2.36. The lowest BCUT2D eigenvalue weighted by Crippen LogP contribution is -2.45. The van der Waals surface area contributed by atoms with Gasteiger partial charge >= 0.3 is 0 Å². The highest BCUT2D eigenvalue weighted by molar-refractivity contribution is 5.51. The van der Waals surface area contributed by atoms with Gasteiger partial charge in [-0.25, -0.2) is 0 Å². The van der Waals surface area contributed by atoms with Crippen molar-refractivity contribution in [3.05, 3.63) is 24.3 Å². The number of rotatable bonds is 4. The largest absolute Gasteiger partial charge is 0.497 e. The smallest absolute Gasteiger partial charge is 0.130 e. The maximum absolute atomic E-state index is 9.54. The van der Waals surface area contributed by atoms with Crippen LogP contribution in [0.2, 0.25) is 0 Å². The summed E-state index contributed by atoms with van der Waals surface area (Å²) >= 11 is 0. The average Bonchev–Trinajstić information content (AvgIpc) is 2.47. The molecule has 0 radical (unpaired) electrons. The van der Waals surface area contributed by atoms with Crippen LogP contribution < -0.4 is 10.1 Å². The first-order valence-corrected chi connectivity index (χ1v) is 6.66. The van der Waals surface area contributed by atoms with Crippen molar-refractivity contribution in [3.63, 3.8) is 0 Å². The third-order valence-electron chi connectivity index (χ3n) is 3.58. The highest BCUT2D eigenvalue weighted by atomic mass is 16.5. The molecule has 1 aromatic rings. The fraction of sp³-hybridized carbons (Fsp3) is 0.533. The number of methoxy groups -OCH3 is 1. The second kappa shape index (κ2) is 5.94. The summed E-state index contributed by atoms with van der Waals surface area (Å²) in [6.45, 7) is 2.71. The van der Waals surface area contributed by atoms with Crippen LogP contribution in [0.25, 0.3) is 0 Å². The van der Waals surface area contributed by atoms with Crippen molar-refractivity contribution in [2.75, 3.05) is 19.0 Å². The fourth-order valence-corrected chi connectivity index (χ4v) is 2.43. The summed E-state index contributed by atoms with van der Waals surface area (Å²) in [5.74, 6) is 0.789. The van der Waals surface area contributed by atoms with E-state index >= 15 is 0 Å². The number of benzene rings is 1. The van der Waals surface area contributed by atoms with Gasteiger partial charge in [-0.3, -0.25) is 0 Å². The third kappa shape index (κ3) is 3.18. The Hall–Kier alpha value is -1.73. The summed E-state index contributed by atoms with van der Waals surface area (Å²) < 4.78 is 10.9. The number of anilines is 1. The standard InChI is InChI=1S/C15H20N2O2/c1-3-13-10-15(11-16,7-8-19-13)17-12-5-4-6-14(9-12)18-2/h4-6,9,13,17H,3,7-8,10H2,1-2H3. The summed E-state index contributed by atoms with van der Waals surface area (Å²) in [7, 11) is 1.64. The number of nitriles is 1. The first-order valence-electron chi connectivity index (χ1n) is 6.66. The molecule has 0 amide bonds. The SMILES string of the molecule is CCC1CC(C#N)(Nc2cccc(OC)c2)CCO1. The summed E-state index contributed by atoms with van der Waals surface area (Å²) in [5.41, 5.74) is 0.378. The number of hydrogen-bond acceptors (Lipinski definition) is 4. The van der Waals surface area contributed by atoms with Crippen LogP contribution in [0, 0.1) is 11.3 Å². The topological polar surface area (TPSA) is 54.3 Å². The summed E-state index contributed by atoms with van der Waals surface area (Å²) in [5, 5.41) is 12.9. The minimum atomic E-state index is -0.536. The van der Waals surface area contributed by atoms with Crippen LogP contribution in [0.15, 0.2) is 24.3 Å². The second-order valence-corrected chi connectivity index (χ2v) is 4.91. The summed E-state index contributed by atoms with van der Waals surface area (Å²) in [4.78, 5) is 0. The van der Waals surface area contributed by atoms with Crippen LogP contribution in [0.5, 0.6) is 5.75 Å². The van der Waals surface area contributed by atoms with Crippen molar-refractivity contribution >= 4 is 5.69 Å². The van der Waals surface area contributed by atoms with E-state index in [0.29, 0.717) is 13.0 Å². The van der Waals surface area contributed by atoms with E-state index in [1.165, 1.54) is 0 Å². The Morgan fingerprint density at radius 1 is 1.58 bits per heavy atom. The molecule has 2 rings (SSSR count). The first kappa shape index (κ1) is 13.7. The molecule has 0 bridgehead atoms. The molecule has 0 spiro atoms. The molecule has 102 valence electrons. The van der Waals surface area contributed by atoms with Gasteiger partial charge in [-0.2, -0.15) is 5.26 Å². The first-order chi connectivity index (χ1) is 9.21. The van der Waals surface area contributed by atoms with Crippen molar-refractivity contribution in [2.45, 2.75) is 37.8 Å². The zero-order valence-electron chi connectivity index (χ0n) is 11.5. The molecule has 4 heteroatoms. The number of hydrogen-bond donors (Lipinski definition) is 1. The molecule has 1 N–H and O–H groups in total. The van der Waals surface area contributed by atoms with Crippen molar-refractivity contribution in [3.8, 4) is 11.8 Å². The Balaban J connectivity index is 2.15. The third-order valence-corrected chi connectivity index (χ3v) is 3.58. The lowest BCUT2D eigenvalue weighted by molar-refractivity contribution is -0.00304. The van der Waals surface area contributed by atoms with Gasteiger partial charge in [0.15, 0.2) is 0 Å². The van der Waals surface area contributed by atoms with E-state index in [-0.39, 0.29) is 6.10 Å². The molecule has 2 atom stereocenters. The average molecular weight is 260 g/mol. The Morgan fingerprint density at radius 2 is 2.42 bits per heavy atom. The molecule has 1 aliphatic heterocycles. The van der Waals surface area contributed by atoms with Crippen LogP contribution in [-0.4, -0.2) is 25.4 Å². The van der Waals surface area contributed by atoms with Crippen LogP contribution in [-0.2, 0) is 4.74 Å². The van der Waals surface area contributed by atoms with Crippen molar-refractivity contribution in [1.82, 2.24) is 0 Å². The van der Waals surface area contributed by atoms with Gasteiger partial charge in [0.05, 0.1) is 25.9 Å². The molecule has 19 heavy (non-hydrogen) atoms. The minimum Gasteiger partial charge on any atom is -0.497 e. The number of ether oxygens (including phenoxy) is 2. The normalized spacial score (nSPS) is 26.5. The van der Waals surface area contributed by atoms with Gasteiger partial charge in [0, 0.05) is 24.6 Å². The Bertz CT molecular complexity index is 469. The van der Waals surface area contributed by atoms with Crippen molar-refractivity contribution in [1.29, 1.82) is 5.26 Å². The summed E-state index contributed by atoms with van der Waals surface area (Å²) in [6, 6.07) is 10.1. The Labute approximate surface area is 114 Å². The van der Waals surface area contributed by atoms with Crippen LogP contribution in [0.3, 0.4) is 0 Å². The van der Waals surface area contributed by atoms with Gasteiger partial charge in [0.25, 0.3) is 0 Å². The highest BCUT2D eigenvalue weighted by Crippen LogP contribution is 2.30. The van der Waals surface area contributed by atoms with E-state index in [9.17, 15) is 5.26 Å². The lowest BCUT2D eigenvalue weighted by Gasteiger charge is -2.36. The maximum atomic E-state index is 9.54. The van der Waals surface area contributed by atoms with E-state index in [4.69, 9.17) is 9.47 Å². The molecule has 0 saturated carbocycles. The van der Waals surface area contributed by atoms with Crippen LogP contribution in [0.1, 0.15) is 26.2 Å². The molecule has 1 aliphatic rings. The van der Waals surface area contributed by atoms with E-state index in [2.05, 4.69) is 18.3 Å². The molecule has 2 unspecified atom stereocenters. The number of nitrogens with zero attached hydrogens (tertiary/aromatic N) is 1. The molecule has 4 nitrogen and oxygen atoms in total. The van der Waals surface area contributed by atoms with Crippen molar-refractivity contribution < 1.29 is 9.47 Å². The van der Waals surface area contributed by atoms with Crippen LogP contribution >= 0.6 is 0 Å². The second-order valence-electron chi connectivity index (χ2n) is 4.91. The quantitative estimate of drug-likeness (QED) is 0.904. The predicted molar refractivity (Wildman–Crippen MR) is 74.2 cm³/mol. The lowest BCUT2D eigenvalue weighted by atomic mass is 9.87. The van der Waals surface area contributed by atoms with Crippen molar-refractivity contribution in [2.24, 2.45) is 0 Å². The molecule has 1 fully saturated rings. The fourth-order valence-electron chi connectivity index (χ4n) is 2.43. The maximum Gasteiger partial charge on any atom is 0.130 e.